The molecule has 0 aliphatic carbocycles. The third kappa shape index (κ3) is 8.65. The SMILES string of the molecule is CN(C)CCNC(=O)c1ccc(CN(C(=O)c2cc(-c3cc4c(cc3C(=O)N3Cc5ccccc5CC3CN3CCOCC3)OCO4)n3c2CCCC3)c2ccc(O)cc2)cc1. The molecule has 1 aromatic heterocycles. The van der Waals surface area contributed by atoms with E-state index >= 15 is 9.59 Å². The van der Waals surface area contributed by atoms with E-state index in [1.54, 1.807) is 41.3 Å². The zero-order valence-corrected chi connectivity index (χ0v) is 35.5. The topological polar surface area (TPSA) is 129 Å². The standard InChI is InChI=1S/C49H54N6O7/c1-51(2)20-18-50-47(57)34-12-10-33(11-13-34)29-54(37-14-16-39(56)17-15-37)49(59)42-26-44(53-19-6-5-9-43(42)53)40-27-45-46(62-32-61-45)28-41(40)48(58)55-30-36-8-4-3-7-35(36)25-38(55)31-52-21-23-60-24-22-52/h3-4,7-8,10-17,26-28,38,56H,5-6,9,18-25,29-32H2,1-2H3,(H,50,57). The number of phenolic OH excluding ortho intramolecular Hbond substituents is 1. The van der Waals surface area contributed by atoms with Gasteiger partial charge in [-0.05, 0) is 111 Å². The van der Waals surface area contributed by atoms with E-state index in [-0.39, 0.29) is 42.9 Å². The van der Waals surface area contributed by atoms with Crippen LogP contribution in [0.5, 0.6) is 17.2 Å². The van der Waals surface area contributed by atoms with E-state index in [2.05, 4.69) is 33.0 Å². The predicted molar refractivity (Wildman–Crippen MR) is 236 cm³/mol. The monoisotopic (exact) mass is 838 g/mol. The summed E-state index contributed by atoms with van der Waals surface area (Å²) >= 11 is 0. The minimum atomic E-state index is -0.204. The minimum Gasteiger partial charge on any atom is -0.508 e. The highest BCUT2D eigenvalue weighted by Crippen LogP contribution is 2.42. The number of ether oxygens (including phenoxy) is 3. The second-order valence-corrected chi connectivity index (χ2v) is 16.9. The van der Waals surface area contributed by atoms with Gasteiger partial charge in [0.05, 0.1) is 30.9 Å². The van der Waals surface area contributed by atoms with Gasteiger partial charge in [-0.2, -0.15) is 0 Å². The largest absolute Gasteiger partial charge is 0.508 e. The summed E-state index contributed by atoms with van der Waals surface area (Å²) in [5.74, 6) is 0.730. The third-order valence-corrected chi connectivity index (χ3v) is 12.5. The predicted octanol–water partition coefficient (Wildman–Crippen LogP) is 5.96. The smallest absolute Gasteiger partial charge is 0.260 e. The van der Waals surface area contributed by atoms with Crippen LogP contribution >= 0.6 is 0 Å². The van der Waals surface area contributed by atoms with Crippen LogP contribution in [-0.4, -0.2) is 115 Å². The molecule has 0 spiro atoms. The van der Waals surface area contributed by atoms with E-state index in [9.17, 15) is 9.90 Å². The number of aromatic hydroxyl groups is 1. The van der Waals surface area contributed by atoms with Gasteiger partial charge in [-0.15, -0.1) is 0 Å². The van der Waals surface area contributed by atoms with Gasteiger partial charge in [0.2, 0.25) is 6.79 Å². The molecule has 3 amide bonds. The first kappa shape index (κ1) is 41.2. The van der Waals surface area contributed by atoms with E-state index in [1.165, 1.54) is 5.56 Å². The number of likely N-dealkylation sites (N-methyl/N-ethyl adjacent to an activating group) is 1. The van der Waals surface area contributed by atoms with Crippen LogP contribution in [0.3, 0.4) is 0 Å². The molecule has 5 heterocycles. The summed E-state index contributed by atoms with van der Waals surface area (Å²) in [6.45, 7) is 6.46. The Morgan fingerprint density at radius 2 is 1.58 bits per heavy atom. The summed E-state index contributed by atoms with van der Waals surface area (Å²) in [6.07, 6.45) is 3.29. The van der Waals surface area contributed by atoms with Gasteiger partial charge in [-0.25, -0.2) is 0 Å². The number of amides is 3. The number of carbonyl (C=O) groups is 3. The van der Waals surface area contributed by atoms with Crippen molar-refractivity contribution in [3.63, 3.8) is 0 Å². The Kier molecular flexibility index (Phi) is 12.0. The molecule has 4 aliphatic heterocycles. The molecular formula is C49H54N6O7. The number of carbonyl (C=O) groups excluding carboxylic acids is 3. The van der Waals surface area contributed by atoms with Crippen LogP contribution in [0.25, 0.3) is 11.3 Å². The van der Waals surface area contributed by atoms with Crippen molar-refractivity contribution in [2.75, 3.05) is 71.7 Å². The lowest BCUT2D eigenvalue weighted by Crippen LogP contribution is -2.52. The molecule has 1 unspecified atom stereocenters. The molecule has 4 aliphatic rings. The van der Waals surface area contributed by atoms with E-state index in [1.807, 2.05) is 60.3 Å². The maximum Gasteiger partial charge on any atom is 0.260 e. The number of rotatable bonds is 12. The maximum atomic E-state index is 15.3. The van der Waals surface area contributed by atoms with E-state index in [0.29, 0.717) is 78.7 Å². The van der Waals surface area contributed by atoms with Crippen molar-refractivity contribution >= 4 is 23.4 Å². The quantitative estimate of drug-likeness (QED) is 0.156. The molecule has 0 radical (unpaired) electrons. The minimum absolute atomic E-state index is 0.0578. The summed E-state index contributed by atoms with van der Waals surface area (Å²) < 4.78 is 19.7. The molecule has 1 saturated heterocycles. The highest BCUT2D eigenvalue weighted by molar-refractivity contribution is 6.09. The Labute approximate surface area is 362 Å². The number of hydrogen-bond acceptors (Lipinski definition) is 9. The molecule has 62 heavy (non-hydrogen) atoms. The summed E-state index contributed by atoms with van der Waals surface area (Å²) in [5.41, 5.74) is 7.85. The fourth-order valence-corrected chi connectivity index (χ4v) is 9.14. The van der Waals surface area contributed by atoms with Crippen LogP contribution in [0, 0.1) is 0 Å². The average Bonchev–Trinajstić information content (AvgIpc) is 3.92. The Bertz CT molecular complexity index is 2440. The fourth-order valence-electron chi connectivity index (χ4n) is 9.14. The van der Waals surface area contributed by atoms with Crippen molar-refractivity contribution < 1.29 is 33.7 Å². The van der Waals surface area contributed by atoms with Crippen molar-refractivity contribution in [3.8, 4) is 28.5 Å². The number of benzene rings is 4. The molecule has 1 atom stereocenters. The number of nitrogens with zero attached hydrogens (tertiary/aromatic N) is 5. The summed E-state index contributed by atoms with van der Waals surface area (Å²) in [5, 5.41) is 13.2. The second-order valence-electron chi connectivity index (χ2n) is 16.9. The van der Waals surface area contributed by atoms with Crippen molar-refractivity contribution in [1.82, 2.24) is 24.6 Å². The Morgan fingerprint density at radius 1 is 0.839 bits per heavy atom. The highest BCUT2D eigenvalue weighted by Gasteiger charge is 2.36. The van der Waals surface area contributed by atoms with Crippen LogP contribution in [-0.2, 0) is 37.2 Å². The van der Waals surface area contributed by atoms with Crippen LogP contribution in [0.1, 0.15) is 66.3 Å². The summed E-state index contributed by atoms with van der Waals surface area (Å²) in [6, 6.07) is 27.9. The lowest BCUT2D eigenvalue weighted by atomic mass is 9.92. The van der Waals surface area contributed by atoms with Crippen molar-refractivity contribution in [3.05, 3.63) is 130 Å². The lowest BCUT2D eigenvalue weighted by molar-refractivity contribution is 0.0193. The maximum absolute atomic E-state index is 15.3. The lowest BCUT2D eigenvalue weighted by Gasteiger charge is -2.40. The molecule has 0 saturated carbocycles. The third-order valence-electron chi connectivity index (χ3n) is 12.5. The summed E-state index contributed by atoms with van der Waals surface area (Å²) in [7, 11) is 3.92. The van der Waals surface area contributed by atoms with Crippen molar-refractivity contribution in [1.29, 1.82) is 0 Å². The molecule has 322 valence electrons. The second kappa shape index (κ2) is 18.1. The van der Waals surface area contributed by atoms with Gasteiger partial charge in [0.25, 0.3) is 17.7 Å². The van der Waals surface area contributed by atoms with Crippen LogP contribution in [0.4, 0.5) is 5.69 Å². The molecule has 13 nitrogen and oxygen atoms in total. The molecular weight excluding hydrogens is 785 g/mol. The summed E-state index contributed by atoms with van der Waals surface area (Å²) in [4.78, 5) is 51.4. The molecule has 5 aromatic rings. The number of nitrogens with one attached hydrogen (secondary N) is 1. The van der Waals surface area contributed by atoms with Crippen LogP contribution in [0.15, 0.2) is 91.0 Å². The van der Waals surface area contributed by atoms with E-state index < -0.39 is 0 Å². The number of fused-ring (bicyclic) bond motifs is 3. The Balaban J connectivity index is 1.08. The fraction of sp³-hybridized carbons (Fsp3) is 0.367. The van der Waals surface area contributed by atoms with Crippen LogP contribution in [0.2, 0.25) is 0 Å². The van der Waals surface area contributed by atoms with Gasteiger partial charge < -0.3 is 43.9 Å². The zero-order valence-electron chi connectivity index (χ0n) is 35.5. The number of morpholine rings is 1. The van der Waals surface area contributed by atoms with Gasteiger partial charge in [0.15, 0.2) is 11.5 Å². The molecule has 9 rings (SSSR count). The van der Waals surface area contributed by atoms with E-state index in [0.717, 1.165) is 68.0 Å². The Hall–Kier alpha value is -6.15. The molecule has 0 bridgehead atoms. The molecule has 2 N–H and O–H groups in total. The molecule has 13 heteroatoms. The number of anilines is 1. The molecule has 4 aromatic carbocycles. The first-order valence-corrected chi connectivity index (χ1v) is 21.7. The van der Waals surface area contributed by atoms with Crippen molar-refractivity contribution in [2.24, 2.45) is 0 Å². The Morgan fingerprint density at radius 3 is 2.34 bits per heavy atom. The number of hydrogen-bond donors (Lipinski definition) is 2. The normalized spacial score (nSPS) is 17.1. The highest BCUT2D eigenvalue weighted by atomic mass is 16.7. The first-order valence-electron chi connectivity index (χ1n) is 21.7. The van der Waals surface area contributed by atoms with Gasteiger partial charge in [-0.1, -0.05) is 36.4 Å². The van der Waals surface area contributed by atoms with Crippen LogP contribution < -0.4 is 19.7 Å². The van der Waals surface area contributed by atoms with Gasteiger partial charge in [0.1, 0.15) is 5.75 Å². The van der Waals surface area contributed by atoms with Crippen molar-refractivity contribution in [2.45, 2.75) is 51.4 Å². The van der Waals surface area contributed by atoms with Gasteiger partial charge in [0, 0.05) is 80.1 Å². The zero-order chi connectivity index (χ0) is 42.7. The molecule has 1 fully saturated rings. The first-order chi connectivity index (χ1) is 30.2. The average molecular weight is 839 g/mol. The number of phenols is 1. The van der Waals surface area contributed by atoms with E-state index in [4.69, 9.17) is 14.2 Å². The van der Waals surface area contributed by atoms with Gasteiger partial charge >= 0.3 is 0 Å². The van der Waals surface area contributed by atoms with Gasteiger partial charge in [-0.3, -0.25) is 19.3 Å². The number of aromatic nitrogens is 1.